The van der Waals surface area contributed by atoms with E-state index in [1.807, 2.05) is 0 Å². The monoisotopic (exact) mass is 245 g/mol. The molecule has 0 saturated carbocycles. The first-order valence-corrected chi connectivity index (χ1v) is 5.26. The molecule has 7 nitrogen and oxygen atoms in total. The maximum atomic E-state index is 11.7. The first kappa shape index (κ1) is 15.5. The molecule has 0 bridgehead atoms. The van der Waals surface area contributed by atoms with E-state index in [-0.39, 0.29) is 24.9 Å². The molecular weight excluding hydrogens is 226 g/mol. The molecule has 1 unspecified atom stereocenters. The largest absolute Gasteiger partial charge is 0.347 e. The number of nitrogens with one attached hydrogen (secondary N) is 2. The molecule has 98 valence electrons. The van der Waals surface area contributed by atoms with Gasteiger partial charge in [-0.2, -0.15) is 0 Å². The molecule has 0 heterocycles. The second kappa shape index (κ2) is 7.75. The van der Waals surface area contributed by atoms with Gasteiger partial charge in [0.1, 0.15) is 18.4 Å². The van der Waals surface area contributed by atoms with Gasteiger partial charge in [-0.15, -0.1) is 0 Å². The lowest BCUT2D eigenvalue weighted by molar-refractivity contribution is -0.133. The van der Waals surface area contributed by atoms with Crippen LogP contribution < -0.4 is 16.5 Å². The number of carbonyl (C=O) groups is 3. The lowest BCUT2D eigenvalue weighted by Gasteiger charge is -2.21. The fraction of sp³-hybridized carbons (Fsp3) is 0.700. The molecule has 0 spiro atoms. The van der Waals surface area contributed by atoms with Crippen molar-refractivity contribution in [1.29, 1.82) is 0 Å². The minimum atomic E-state index is -0.711. The van der Waals surface area contributed by atoms with Crippen LogP contribution >= 0.6 is 0 Å². The normalized spacial score (nSPS) is 12.1. The molecule has 0 aliphatic carbocycles. The van der Waals surface area contributed by atoms with Crippen LogP contribution in [0.3, 0.4) is 0 Å². The average molecular weight is 245 g/mol. The van der Waals surface area contributed by atoms with E-state index in [0.717, 1.165) is 0 Å². The number of rotatable bonds is 7. The summed E-state index contributed by atoms with van der Waals surface area (Å²) < 4.78 is 0. The van der Waals surface area contributed by atoms with Crippen LogP contribution in [0.2, 0.25) is 0 Å². The van der Waals surface area contributed by atoms with Crippen molar-refractivity contribution in [2.45, 2.75) is 26.8 Å². The Bertz CT molecular complexity index is 291. The Morgan fingerprint density at radius 1 is 1.29 bits per heavy atom. The van der Waals surface area contributed by atoms with Gasteiger partial charge in [0.25, 0.3) is 0 Å². The molecule has 1 atom stereocenters. The van der Waals surface area contributed by atoms with Gasteiger partial charge >= 0.3 is 0 Å². The van der Waals surface area contributed by atoms with Crippen LogP contribution in [0.15, 0.2) is 0 Å². The fourth-order valence-electron chi connectivity index (χ4n) is 1.15. The van der Waals surface area contributed by atoms with Crippen molar-refractivity contribution in [2.24, 2.45) is 11.8 Å². The van der Waals surface area contributed by atoms with E-state index in [4.69, 9.17) is 5.90 Å². The Kier molecular flexibility index (Phi) is 7.08. The number of hydrogen-bond donors (Lipinski definition) is 3. The van der Waals surface area contributed by atoms with Crippen molar-refractivity contribution in [1.82, 2.24) is 10.6 Å². The maximum absolute atomic E-state index is 11.7. The third-order valence-electron chi connectivity index (χ3n) is 1.99. The van der Waals surface area contributed by atoms with Gasteiger partial charge in [-0.05, 0) is 12.8 Å². The van der Waals surface area contributed by atoms with E-state index in [1.165, 1.54) is 6.92 Å². The van der Waals surface area contributed by atoms with Gasteiger partial charge in [-0.1, -0.05) is 13.8 Å². The maximum Gasteiger partial charge on any atom is 0.248 e. The average Bonchev–Trinajstić information content (AvgIpc) is 2.22. The van der Waals surface area contributed by atoms with Crippen LogP contribution in [0.4, 0.5) is 0 Å². The Morgan fingerprint density at radius 2 is 1.88 bits per heavy atom. The topological polar surface area (TPSA) is 111 Å². The molecule has 0 aliphatic rings. The van der Waals surface area contributed by atoms with Crippen LogP contribution in [0, 0.1) is 5.92 Å². The minimum Gasteiger partial charge on any atom is -0.347 e. The zero-order chi connectivity index (χ0) is 13.4. The molecule has 0 rings (SSSR count). The molecule has 2 amide bonds. The Hall–Kier alpha value is -1.47. The highest BCUT2D eigenvalue weighted by Gasteiger charge is 2.23. The summed E-state index contributed by atoms with van der Waals surface area (Å²) in [5, 5.41) is 4.91. The fourth-order valence-corrected chi connectivity index (χ4v) is 1.15. The summed E-state index contributed by atoms with van der Waals surface area (Å²) >= 11 is 0. The van der Waals surface area contributed by atoms with Crippen molar-refractivity contribution in [3.63, 3.8) is 0 Å². The van der Waals surface area contributed by atoms with Crippen molar-refractivity contribution >= 4 is 17.6 Å². The number of Topliss-reactive ketones (excluding diaryl/α,β-unsaturated/α-hetero) is 1. The molecule has 0 saturated heterocycles. The second-order valence-electron chi connectivity index (χ2n) is 4.02. The Labute approximate surface area is 100 Å². The van der Waals surface area contributed by atoms with E-state index in [0.29, 0.717) is 0 Å². The Balaban J connectivity index is 4.36. The summed E-state index contributed by atoms with van der Waals surface area (Å²) in [5.74, 6) is 3.60. The molecule has 0 radical (unpaired) electrons. The summed E-state index contributed by atoms with van der Waals surface area (Å²) in [7, 11) is 0. The lowest BCUT2D eigenvalue weighted by atomic mass is 10.0. The van der Waals surface area contributed by atoms with Gasteiger partial charge in [0.15, 0.2) is 0 Å². The Morgan fingerprint density at radius 3 is 2.29 bits per heavy atom. The quantitative estimate of drug-likeness (QED) is 0.484. The molecule has 0 aliphatic heterocycles. The molecule has 0 aromatic carbocycles. The predicted octanol–water partition coefficient (Wildman–Crippen LogP) is -1.28. The summed E-state index contributed by atoms with van der Waals surface area (Å²) in [5.41, 5.74) is 0. The number of ketones is 1. The molecular formula is C10H19N3O4. The van der Waals surface area contributed by atoms with Crippen molar-refractivity contribution in [3.05, 3.63) is 0 Å². The number of carbonyl (C=O) groups excluding carboxylic acids is 3. The van der Waals surface area contributed by atoms with E-state index in [1.54, 1.807) is 13.8 Å². The summed E-state index contributed by atoms with van der Waals surface area (Å²) in [4.78, 5) is 37.8. The smallest absolute Gasteiger partial charge is 0.248 e. The van der Waals surface area contributed by atoms with Crippen LogP contribution in [0.25, 0.3) is 0 Å². The van der Waals surface area contributed by atoms with Gasteiger partial charge in [0.2, 0.25) is 11.8 Å². The standard InChI is InChI=1S/C10H19N3O4/c1-6(2)9(13-8(15)5-17-11)10(16)12-4-7(3)14/h6,9H,4-5,11H2,1-3H3,(H,12,16)(H,13,15). The van der Waals surface area contributed by atoms with Crippen LogP contribution in [-0.4, -0.2) is 36.8 Å². The third kappa shape index (κ3) is 6.64. The number of amides is 2. The highest BCUT2D eigenvalue weighted by atomic mass is 16.6. The second-order valence-corrected chi connectivity index (χ2v) is 4.02. The van der Waals surface area contributed by atoms with E-state index < -0.39 is 17.9 Å². The zero-order valence-electron chi connectivity index (χ0n) is 10.3. The van der Waals surface area contributed by atoms with Gasteiger partial charge in [-0.25, -0.2) is 5.90 Å². The van der Waals surface area contributed by atoms with Crippen LogP contribution in [0.1, 0.15) is 20.8 Å². The SMILES string of the molecule is CC(=O)CNC(=O)C(NC(=O)CON)C(C)C. The molecule has 4 N–H and O–H groups in total. The minimum absolute atomic E-state index is 0.0503. The van der Waals surface area contributed by atoms with Crippen molar-refractivity contribution in [3.8, 4) is 0 Å². The molecule has 0 aromatic rings. The van der Waals surface area contributed by atoms with Crippen molar-refractivity contribution < 1.29 is 19.2 Å². The van der Waals surface area contributed by atoms with Gasteiger partial charge in [0.05, 0.1) is 6.54 Å². The van der Waals surface area contributed by atoms with Crippen LogP contribution in [0.5, 0.6) is 0 Å². The summed E-state index contributed by atoms with van der Waals surface area (Å²) in [6.07, 6.45) is 0. The molecule has 0 fully saturated rings. The van der Waals surface area contributed by atoms with Crippen LogP contribution in [-0.2, 0) is 19.2 Å². The van der Waals surface area contributed by atoms with Gasteiger partial charge in [0, 0.05) is 0 Å². The number of hydrogen-bond acceptors (Lipinski definition) is 5. The van der Waals surface area contributed by atoms with Gasteiger partial charge in [-0.3, -0.25) is 19.2 Å². The van der Waals surface area contributed by atoms with E-state index in [9.17, 15) is 14.4 Å². The van der Waals surface area contributed by atoms with E-state index in [2.05, 4.69) is 15.5 Å². The lowest BCUT2D eigenvalue weighted by Crippen LogP contribution is -2.51. The summed E-state index contributed by atoms with van der Waals surface area (Å²) in [6, 6.07) is -0.711. The first-order valence-electron chi connectivity index (χ1n) is 5.26. The zero-order valence-corrected chi connectivity index (χ0v) is 10.3. The molecule has 0 aromatic heterocycles. The van der Waals surface area contributed by atoms with Gasteiger partial charge < -0.3 is 10.6 Å². The predicted molar refractivity (Wildman–Crippen MR) is 60.6 cm³/mol. The number of nitrogens with two attached hydrogens (primary N) is 1. The van der Waals surface area contributed by atoms with Crippen molar-refractivity contribution in [2.75, 3.05) is 13.2 Å². The third-order valence-corrected chi connectivity index (χ3v) is 1.99. The first-order chi connectivity index (χ1) is 7.88. The highest BCUT2D eigenvalue weighted by molar-refractivity contribution is 5.90. The molecule has 17 heavy (non-hydrogen) atoms. The highest BCUT2D eigenvalue weighted by Crippen LogP contribution is 2.01. The molecule has 7 heteroatoms. The summed E-state index contributed by atoms with van der Waals surface area (Å²) in [6.45, 7) is 4.56. The van der Waals surface area contributed by atoms with E-state index >= 15 is 0 Å².